The van der Waals surface area contributed by atoms with Crippen LogP contribution in [0.4, 0.5) is 0 Å². The second-order valence-electron chi connectivity index (χ2n) is 3.60. The molecule has 0 aromatic rings. The van der Waals surface area contributed by atoms with Crippen LogP contribution >= 0.6 is 0 Å². The van der Waals surface area contributed by atoms with Gasteiger partial charge in [-0.3, -0.25) is 0 Å². The first-order valence-electron chi connectivity index (χ1n) is 4.40. The highest BCUT2D eigenvalue weighted by molar-refractivity contribution is 4.91. The molecule has 0 amide bonds. The van der Waals surface area contributed by atoms with E-state index in [0.29, 0.717) is 13.0 Å². The van der Waals surface area contributed by atoms with E-state index in [2.05, 4.69) is 6.07 Å². The number of nitrogens with zero attached hydrogens (tertiary/aromatic N) is 1. The molecular formula is C9H16N2. The van der Waals surface area contributed by atoms with E-state index in [1.807, 2.05) is 0 Å². The Labute approximate surface area is 68.4 Å². The molecule has 0 bridgehead atoms. The molecule has 1 aliphatic carbocycles. The molecule has 2 nitrogen and oxygen atoms in total. The second-order valence-corrected chi connectivity index (χ2v) is 3.60. The standard InChI is InChI=1S/C9H16N2/c10-7-6-9(8-11)4-2-1-3-5-9/h1-6,8,11H2. The van der Waals surface area contributed by atoms with Crippen LogP contribution in [0.5, 0.6) is 0 Å². The fourth-order valence-electron chi connectivity index (χ4n) is 1.92. The summed E-state index contributed by atoms with van der Waals surface area (Å²) in [6.07, 6.45) is 6.84. The number of nitrogens with two attached hydrogens (primary N) is 1. The van der Waals surface area contributed by atoms with Gasteiger partial charge < -0.3 is 5.73 Å². The van der Waals surface area contributed by atoms with Crippen LogP contribution in [0.25, 0.3) is 0 Å². The van der Waals surface area contributed by atoms with Gasteiger partial charge in [0.15, 0.2) is 0 Å². The number of hydrogen-bond donors (Lipinski definition) is 1. The van der Waals surface area contributed by atoms with E-state index < -0.39 is 0 Å². The summed E-state index contributed by atoms with van der Waals surface area (Å²) in [6, 6.07) is 2.25. The third kappa shape index (κ3) is 1.94. The van der Waals surface area contributed by atoms with Gasteiger partial charge in [-0.25, -0.2) is 0 Å². The molecule has 0 spiro atoms. The van der Waals surface area contributed by atoms with Crippen LogP contribution in [0.2, 0.25) is 0 Å². The lowest BCUT2D eigenvalue weighted by Crippen LogP contribution is -2.32. The second kappa shape index (κ2) is 3.73. The first-order chi connectivity index (χ1) is 5.33. The molecule has 2 N–H and O–H groups in total. The Kier molecular flexibility index (Phi) is 2.90. The summed E-state index contributed by atoms with van der Waals surface area (Å²) < 4.78 is 0. The highest BCUT2D eigenvalue weighted by atomic mass is 14.6. The number of nitriles is 1. The van der Waals surface area contributed by atoms with Gasteiger partial charge in [-0.1, -0.05) is 19.3 Å². The van der Waals surface area contributed by atoms with Gasteiger partial charge in [-0.05, 0) is 24.8 Å². The van der Waals surface area contributed by atoms with Crippen molar-refractivity contribution in [2.24, 2.45) is 11.1 Å². The Morgan fingerprint density at radius 2 is 1.91 bits per heavy atom. The predicted molar refractivity (Wildman–Crippen MR) is 44.8 cm³/mol. The lowest BCUT2D eigenvalue weighted by molar-refractivity contribution is 0.204. The summed E-state index contributed by atoms with van der Waals surface area (Å²) in [4.78, 5) is 0. The predicted octanol–water partition coefficient (Wildman–Crippen LogP) is 1.81. The van der Waals surface area contributed by atoms with E-state index >= 15 is 0 Å². The molecule has 2 heteroatoms. The van der Waals surface area contributed by atoms with Crippen LogP contribution in [-0.4, -0.2) is 6.54 Å². The Balaban J connectivity index is 2.51. The Hall–Kier alpha value is -0.550. The van der Waals surface area contributed by atoms with Crippen LogP contribution in [0, 0.1) is 16.7 Å². The topological polar surface area (TPSA) is 49.8 Å². The third-order valence-corrected chi connectivity index (χ3v) is 2.80. The van der Waals surface area contributed by atoms with Gasteiger partial charge in [0, 0.05) is 6.42 Å². The van der Waals surface area contributed by atoms with Crippen molar-refractivity contribution < 1.29 is 0 Å². The minimum absolute atomic E-state index is 0.188. The zero-order valence-electron chi connectivity index (χ0n) is 6.97. The minimum Gasteiger partial charge on any atom is -0.330 e. The Morgan fingerprint density at radius 3 is 2.36 bits per heavy atom. The quantitative estimate of drug-likeness (QED) is 0.656. The maximum absolute atomic E-state index is 8.61. The summed E-state index contributed by atoms with van der Waals surface area (Å²) >= 11 is 0. The maximum Gasteiger partial charge on any atom is 0.0628 e. The average molecular weight is 152 g/mol. The molecule has 0 aliphatic heterocycles. The van der Waals surface area contributed by atoms with E-state index in [-0.39, 0.29) is 5.41 Å². The Bertz CT molecular complexity index is 151. The van der Waals surface area contributed by atoms with E-state index in [9.17, 15) is 0 Å². The summed E-state index contributed by atoms with van der Waals surface area (Å²) in [5.41, 5.74) is 5.86. The zero-order chi connectivity index (χ0) is 8.16. The van der Waals surface area contributed by atoms with Crippen LogP contribution in [0.3, 0.4) is 0 Å². The van der Waals surface area contributed by atoms with E-state index in [1.54, 1.807) is 0 Å². The Morgan fingerprint density at radius 1 is 1.27 bits per heavy atom. The molecule has 0 aromatic carbocycles. The lowest BCUT2D eigenvalue weighted by atomic mass is 9.72. The normalized spacial score (nSPS) is 22.5. The van der Waals surface area contributed by atoms with Gasteiger partial charge in [0.2, 0.25) is 0 Å². The van der Waals surface area contributed by atoms with Crippen molar-refractivity contribution in [3.05, 3.63) is 0 Å². The highest BCUT2D eigenvalue weighted by Gasteiger charge is 2.29. The molecule has 1 aliphatic rings. The minimum atomic E-state index is 0.188. The van der Waals surface area contributed by atoms with Gasteiger partial charge >= 0.3 is 0 Å². The van der Waals surface area contributed by atoms with Crippen molar-refractivity contribution in [3.8, 4) is 6.07 Å². The van der Waals surface area contributed by atoms with Crippen LogP contribution < -0.4 is 5.73 Å². The van der Waals surface area contributed by atoms with Crippen LogP contribution in [0.1, 0.15) is 38.5 Å². The third-order valence-electron chi connectivity index (χ3n) is 2.80. The van der Waals surface area contributed by atoms with Crippen LogP contribution in [0.15, 0.2) is 0 Å². The molecule has 0 saturated heterocycles. The molecule has 1 saturated carbocycles. The van der Waals surface area contributed by atoms with E-state index in [1.165, 1.54) is 19.3 Å². The molecule has 0 unspecified atom stereocenters. The molecule has 0 heterocycles. The van der Waals surface area contributed by atoms with Crippen LogP contribution in [-0.2, 0) is 0 Å². The van der Waals surface area contributed by atoms with E-state index in [4.69, 9.17) is 11.0 Å². The van der Waals surface area contributed by atoms with Gasteiger partial charge in [0.25, 0.3) is 0 Å². The zero-order valence-corrected chi connectivity index (χ0v) is 6.97. The van der Waals surface area contributed by atoms with Crippen molar-refractivity contribution >= 4 is 0 Å². The van der Waals surface area contributed by atoms with Crippen molar-refractivity contribution in [1.82, 2.24) is 0 Å². The SMILES string of the molecule is N#CCC1(CN)CCCCC1. The number of hydrogen-bond acceptors (Lipinski definition) is 2. The molecule has 0 radical (unpaired) electrons. The summed E-state index contributed by atoms with van der Waals surface area (Å²) in [6.45, 7) is 0.695. The molecule has 0 aromatic heterocycles. The van der Waals surface area contributed by atoms with Gasteiger partial charge in [0.05, 0.1) is 6.07 Å². The van der Waals surface area contributed by atoms with Crippen molar-refractivity contribution in [3.63, 3.8) is 0 Å². The molecule has 1 rings (SSSR count). The molecule has 0 atom stereocenters. The monoisotopic (exact) mass is 152 g/mol. The smallest absolute Gasteiger partial charge is 0.0628 e. The highest BCUT2D eigenvalue weighted by Crippen LogP contribution is 2.37. The maximum atomic E-state index is 8.61. The first-order valence-corrected chi connectivity index (χ1v) is 4.40. The van der Waals surface area contributed by atoms with Gasteiger partial charge in [-0.2, -0.15) is 5.26 Å². The lowest BCUT2D eigenvalue weighted by Gasteiger charge is -2.33. The molecule has 62 valence electrons. The molecular weight excluding hydrogens is 136 g/mol. The van der Waals surface area contributed by atoms with Crippen molar-refractivity contribution in [2.75, 3.05) is 6.54 Å². The van der Waals surface area contributed by atoms with Crippen molar-refractivity contribution in [2.45, 2.75) is 38.5 Å². The first kappa shape index (κ1) is 8.55. The largest absolute Gasteiger partial charge is 0.330 e. The molecule has 11 heavy (non-hydrogen) atoms. The average Bonchev–Trinajstić information content (AvgIpc) is 2.07. The molecule has 1 fully saturated rings. The number of rotatable bonds is 2. The van der Waals surface area contributed by atoms with Gasteiger partial charge in [-0.15, -0.1) is 0 Å². The fraction of sp³-hybridized carbons (Fsp3) is 0.889. The summed E-state index contributed by atoms with van der Waals surface area (Å²) in [5.74, 6) is 0. The van der Waals surface area contributed by atoms with E-state index in [0.717, 1.165) is 12.8 Å². The van der Waals surface area contributed by atoms with Gasteiger partial charge in [0.1, 0.15) is 0 Å². The summed E-state index contributed by atoms with van der Waals surface area (Å²) in [7, 11) is 0. The summed E-state index contributed by atoms with van der Waals surface area (Å²) in [5, 5.41) is 8.61. The van der Waals surface area contributed by atoms with Crippen molar-refractivity contribution in [1.29, 1.82) is 5.26 Å². The fourth-order valence-corrected chi connectivity index (χ4v) is 1.92.